The van der Waals surface area contributed by atoms with Gasteiger partial charge in [-0.3, -0.25) is 9.88 Å². The number of pyridine rings is 1. The minimum atomic E-state index is 0.174. The molecular weight excluding hydrogens is 270 g/mol. The van der Waals surface area contributed by atoms with E-state index < -0.39 is 0 Å². The molecule has 112 valence electrons. The standard InChI is InChI=1S/C15H25N3OS/c1-11(2)19-13-7-12(8-17-9-13)15(16-3)14-10-20-6-5-18(14)4/h7-9,11,14-16H,5-6,10H2,1-4H3. The van der Waals surface area contributed by atoms with E-state index in [0.717, 1.165) is 18.0 Å². The van der Waals surface area contributed by atoms with Crippen molar-refractivity contribution in [2.24, 2.45) is 0 Å². The maximum Gasteiger partial charge on any atom is 0.138 e. The summed E-state index contributed by atoms with van der Waals surface area (Å²) < 4.78 is 5.75. The average molecular weight is 295 g/mol. The van der Waals surface area contributed by atoms with Crippen molar-refractivity contribution in [2.45, 2.75) is 32.0 Å². The Bertz CT molecular complexity index is 427. The molecule has 1 fully saturated rings. The Balaban J connectivity index is 2.18. The second kappa shape index (κ2) is 7.29. The normalized spacial score (nSPS) is 21.9. The van der Waals surface area contributed by atoms with Gasteiger partial charge in [-0.2, -0.15) is 11.8 Å². The maximum atomic E-state index is 5.75. The summed E-state index contributed by atoms with van der Waals surface area (Å²) in [6, 6.07) is 2.90. The summed E-state index contributed by atoms with van der Waals surface area (Å²) in [5, 5.41) is 3.45. The quantitative estimate of drug-likeness (QED) is 0.901. The molecule has 2 atom stereocenters. The largest absolute Gasteiger partial charge is 0.489 e. The Morgan fingerprint density at radius 1 is 1.45 bits per heavy atom. The second-order valence-electron chi connectivity index (χ2n) is 5.51. The molecule has 5 heteroatoms. The smallest absolute Gasteiger partial charge is 0.138 e. The van der Waals surface area contributed by atoms with Crippen molar-refractivity contribution < 1.29 is 4.74 Å². The molecule has 20 heavy (non-hydrogen) atoms. The van der Waals surface area contributed by atoms with Gasteiger partial charge in [0.25, 0.3) is 0 Å². The summed E-state index contributed by atoms with van der Waals surface area (Å²) in [7, 11) is 4.23. The monoisotopic (exact) mass is 295 g/mol. The molecule has 1 aliphatic heterocycles. The summed E-state index contributed by atoms with van der Waals surface area (Å²) in [5.41, 5.74) is 1.20. The highest BCUT2D eigenvalue weighted by Gasteiger charge is 2.28. The van der Waals surface area contributed by atoms with Crippen molar-refractivity contribution in [3.8, 4) is 5.75 Å². The number of rotatable bonds is 5. The lowest BCUT2D eigenvalue weighted by atomic mass is 10.0. The summed E-state index contributed by atoms with van der Waals surface area (Å²) >= 11 is 2.03. The van der Waals surface area contributed by atoms with Gasteiger partial charge in [-0.15, -0.1) is 0 Å². The fourth-order valence-corrected chi connectivity index (χ4v) is 3.85. The fourth-order valence-electron chi connectivity index (χ4n) is 2.58. The minimum absolute atomic E-state index is 0.174. The molecule has 1 saturated heterocycles. The number of hydrogen-bond acceptors (Lipinski definition) is 5. The summed E-state index contributed by atoms with van der Waals surface area (Å²) in [4.78, 5) is 6.77. The van der Waals surface area contributed by atoms with Crippen LogP contribution in [0.15, 0.2) is 18.5 Å². The molecule has 0 bridgehead atoms. The third-order valence-electron chi connectivity index (χ3n) is 3.60. The first-order valence-corrected chi connectivity index (χ1v) is 8.34. The highest BCUT2D eigenvalue weighted by molar-refractivity contribution is 7.99. The molecule has 0 amide bonds. The van der Waals surface area contributed by atoms with Crippen molar-refractivity contribution in [1.82, 2.24) is 15.2 Å². The first-order valence-electron chi connectivity index (χ1n) is 7.18. The third-order valence-corrected chi connectivity index (χ3v) is 4.65. The van der Waals surface area contributed by atoms with Crippen molar-refractivity contribution in [3.63, 3.8) is 0 Å². The number of likely N-dealkylation sites (N-methyl/N-ethyl adjacent to an activating group) is 2. The predicted molar refractivity (Wildman–Crippen MR) is 85.5 cm³/mol. The molecule has 0 radical (unpaired) electrons. The van der Waals surface area contributed by atoms with Gasteiger partial charge in [-0.25, -0.2) is 0 Å². The fraction of sp³-hybridized carbons (Fsp3) is 0.667. The van der Waals surface area contributed by atoms with Crippen molar-refractivity contribution >= 4 is 11.8 Å². The highest BCUT2D eigenvalue weighted by atomic mass is 32.2. The number of nitrogens with zero attached hydrogens (tertiary/aromatic N) is 2. The van der Waals surface area contributed by atoms with Gasteiger partial charge in [0, 0.05) is 36.3 Å². The SMILES string of the molecule is CNC(c1cncc(OC(C)C)c1)C1CSCCN1C. The molecule has 0 saturated carbocycles. The molecule has 0 aromatic carbocycles. The average Bonchev–Trinajstić information content (AvgIpc) is 2.41. The van der Waals surface area contributed by atoms with Crippen LogP contribution in [0.2, 0.25) is 0 Å². The molecule has 1 aromatic rings. The summed E-state index contributed by atoms with van der Waals surface area (Å²) in [5.74, 6) is 3.22. The van der Waals surface area contributed by atoms with E-state index in [1.807, 2.05) is 38.9 Å². The predicted octanol–water partition coefficient (Wildman–Crippen LogP) is 2.18. The van der Waals surface area contributed by atoms with E-state index in [9.17, 15) is 0 Å². The van der Waals surface area contributed by atoms with Crippen LogP contribution in [0.1, 0.15) is 25.5 Å². The van der Waals surface area contributed by atoms with E-state index in [-0.39, 0.29) is 12.1 Å². The lowest BCUT2D eigenvalue weighted by molar-refractivity contribution is 0.219. The van der Waals surface area contributed by atoms with Gasteiger partial charge in [-0.1, -0.05) is 0 Å². The van der Waals surface area contributed by atoms with E-state index >= 15 is 0 Å². The third kappa shape index (κ3) is 3.87. The maximum absolute atomic E-state index is 5.75. The first-order chi connectivity index (χ1) is 9.61. The van der Waals surface area contributed by atoms with Gasteiger partial charge in [0.15, 0.2) is 0 Å². The van der Waals surface area contributed by atoms with Gasteiger partial charge in [0.05, 0.1) is 12.3 Å². The van der Waals surface area contributed by atoms with Gasteiger partial charge in [-0.05, 0) is 39.6 Å². The number of nitrogens with one attached hydrogen (secondary N) is 1. The second-order valence-corrected chi connectivity index (χ2v) is 6.66. The molecule has 1 aliphatic rings. The molecule has 2 heterocycles. The van der Waals surface area contributed by atoms with E-state index in [2.05, 4.69) is 28.3 Å². The Labute approximate surface area is 126 Å². The van der Waals surface area contributed by atoms with Crippen molar-refractivity contribution in [1.29, 1.82) is 0 Å². The van der Waals surface area contributed by atoms with Crippen molar-refractivity contribution in [3.05, 3.63) is 24.0 Å². The number of ether oxygens (including phenoxy) is 1. The summed E-state index contributed by atoms with van der Waals surface area (Å²) in [6.07, 6.45) is 3.91. The lowest BCUT2D eigenvalue weighted by Gasteiger charge is -2.37. The molecule has 1 N–H and O–H groups in total. The van der Waals surface area contributed by atoms with Gasteiger partial charge >= 0.3 is 0 Å². The highest BCUT2D eigenvalue weighted by Crippen LogP contribution is 2.28. The van der Waals surface area contributed by atoms with Gasteiger partial charge < -0.3 is 10.1 Å². The summed E-state index contributed by atoms with van der Waals surface area (Å²) in [6.45, 7) is 5.21. The minimum Gasteiger partial charge on any atom is -0.489 e. The Hall–Kier alpha value is -0.780. The number of hydrogen-bond donors (Lipinski definition) is 1. The zero-order valence-corrected chi connectivity index (χ0v) is 13.6. The van der Waals surface area contributed by atoms with E-state index in [1.54, 1.807) is 6.20 Å². The van der Waals surface area contributed by atoms with Gasteiger partial charge in [0.1, 0.15) is 5.75 Å². The Kier molecular flexibility index (Phi) is 5.69. The Morgan fingerprint density at radius 2 is 2.25 bits per heavy atom. The number of thioether (sulfide) groups is 1. The van der Waals surface area contributed by atoms with Crippen molar-refractivity contribution in [2.75, 3.05) is 32.1 Å². The molecule has 1 aromatic heterocycles. The molecule has 2 unspecified atom stereocenters. The van der Waals surface area contributed by atoms with Crippen LogP contribution in [-0.2, 0) is 0 Å². The number of aromatic nitrogens is 1. The lowest BCUT2D eigenvalue weighted by Crippen LogP contribution is -2.47. The first kappa shape index (κ1) is 15.6. The molecule has 4 nitrogen and oxygen atoms in total. The van der Waals surface area contributed by atoms with E-state index in [1.165, 1.54) is 11.3 Å². The van der Waals surface area contributed by atoms with Gasteiger partial charge in [0.2, 0.25) is 0 Å². The Morgan fingerprint density at radius 3 is 2.90 bits per heavy atom. The topological polar surface area (TPSA) is 37.4 Å². The van der Waals surface area contributed by atoms with Crippen LogP contribution in [0, 0.1) is 0 Å². The van der Waals surface area contributed by atoms with Crippen LogP contribution in [0.4, 0.5) is 0 Å². The molecule has 0 spiro atoms. The van der Waals surface area contributed by atoms with Crippen LogP contribution in [0.25, 0.3) is 0 Å². The molecule has 2 rings (SSSR count). The van der Waals surface area contributed by atoms with E-state index in [0.29, 0.717) is 6.04 Å². The van der Waals surface area contributed by atoms with Crippen LogP contribution in [0.3, 0.4) is 0 Å². The molecule has 0 aliphatic carbocycles. The zero-order chi connectivity index (χ0) is 14.5. The van der Waals surface area contributed by atoms with Crippen LogP contribution in [-0.4, -0.2) is 54.2 Å². The van der Waals surface area contributed by atoms with Crippen LogP contribution in [0.5, 0.6) is 5.75 Å². The van der Waals surface area contributed by atoms with Crippen LogP contribution >= 0.6 is 11.8 Å². The van der Waals surface area contributed by atoms with Crippen LogP contribution < -0.4 is 10.1 Å². The molecular formula is C15H25N3OS. The van der Waals surface area contributed by atoms with E-state index in [4.69, 9.17) is 4.74 Å². The zero-order valence-electron chi connectivity index (χ0n) is 12.8.